The molecule has 2 heterocycles. The van der Waals surface area contributed by atoms with E-state index in [-0.39, 0.29) is 10.8 Å². The van der Waals surface area contributed by atoms with E-state index in [1.807, 2.05) is 23.5 Å². The summed E-state index contributed by atoms with van der Waals surface area (Å²) < 4.78 is 0. The van der Waals surface area contributed by atoms with Crippen LogP contribution < -0.4 is 0 Å². The number of fused-ring (bicyclic) bond motifs is 2. The number of hydrogen-bond donors (Lipinski definition) is 0. The third-order valence-corrected chi connectivity index (χ3v) is 8.05. The summed E-state index contributed by atoms with van der Waals surface area (Å²) in [6, 6.07) is 14.0. The Balaban J connectivity index is 1.63. The average Bonchev–Trinajstić information content (AvgIpc) is 2.60. The molecule has 0 amide bonds. The molecule has 136 valence electrons. The average molecular weight is 381 g/mol. The first kappa shape index (κ1) is 18.3. The summed E-state index contributed by atoms with van der Waals surface area (Å²) in [5.41, 5.74) is 6.23. The second-order valence-corrected chi connectivity index (χ2v) is 11.1. The van der Waals surface area contributed by atoms with Crippen LogP contribution in [0.5, 0.6) is 0 Å². The maximum Gasteiger partial charge on any atom is 0.0110 e. The van der Waals surface area contributed by atoms with Crippen LogP contribution in [0.15, 0.2) is 46.2 Å². The topological polar surface area (TPSA) is 0 Å². The van der Waals surface area contributed by atoms with Gasteiger partial charge in [-0.2, -0.15) is 0 Å². The third-order valence-electron chi connectivity index (χ3n) is 5.90. The lowest BCUT2D eigenvalue weighted by atomic mass is 9.81. The van der Waals surface area contributed by atoms with Crippen LogP contribution in [0.1, 0.15) is 62.8 Å². The first-order chi connectivity index (χ1) is 12.4. The minimum atomic E-state index is 0.289. The molecule has 0 aliphatic carbocycles. The molecule has 0 fully saturated rings. The van der Waals surface area contributed by atoms with E-state index in [0.717, 1.165) is 0 Å². The zero-order chi connectivity index (χ0) is 18.4. The van der Waals surface area contributed by atoms with Gasteiger partial charge in [-0.25, -0.2) is 0 Å². The van der Waals surface area contributed by atoms with Gasteiger partial charge in [0.15, 0.2) is 0 Å². The van der Waals surface area contributed by atoms with Crippen molar-refractivity contribution in [2.75, 3.05) is 11.5 Å². The van der Waals surface area contributed by atoms with Gasteiger partial charge in [0.05, 0.1) is 0 Å². The highest BCUT2D eigenvalue weighted by atomic mass is 32.2. The lowest BCUT2D eigenvalue weighted by Crippen LogP contribution is -2.22. The Morgan fingerprint density at radius 1 is 0.692 bits per heavy atom. The predicted molar refractivity (Wildman–Crippen MR) is 119 cm³/mol. The molecule has 0 nitrogen and oxygen atoms in total. The second-order valence-electron chi connectivity index (χ2n) is 8.81. The van der Waals surface area contributed by atoms with Crippen molar-refractivity contribution in [2.24, 2.45) is 0 Å². The monoisotopic (exact) mass is 380 g/mol. The number of rotatable bonds is 2. The summed E-state index contributed by atoms with van der Waals surface area (Å²) in [4.78, 5) is 2.93. The van der Waals surface area contributed by atoms with E-state index in [0.29, 0.717) is 0 Å². The van der Waals surface area contributed by atoms with Crippen molar-refractivity contribution >= 4 is 35.7 Å². The highest BCUT2D eigenvalue weighted by molar-refractivity contribution is 7.99. The van der Waals surface area contributed by atoms with E-state index >= 15 is 0 Å². The lowest BCUT2D eigenvalue weighted by molar-refractivity contribution is 0.494. The van der Waals surface area contributed by atoms with Gasteiger partial charge in [-0.1, -0.05) is 64.1 Å². The van der Waals surface area contributed by atoms with Crippen molar-refractivity contribution in [1.82, 2.24) is 0 Å². The Morgan fingerprint density at radius 3 is 1.54 bits per heavy atom. The molecule has 0 aromatic heterocycles. The van der Waals surface area contributed by atoms with Crippen LogP contribution in [-0.2, 0) is 10.8 Å². The van der Waals surface area contributed by atoms with Crippen molar-refractivity contribution in [3.05, 3.63) is 58.7 Å². The fraction of sp³-hybridized carbons (Fsp3) is 0.417. The summed E-state index contributed by atoms with van der Waals surface area (Å²) in [5, 5.41) is 0. The first-order valence-electron chi connectivity index (χ1n) is 9.58. The summed E-state index contributed by atoms with van der Waals surface area (Å²) in [6.45, 7) is 9.51. The van der Waals surface area contributed by atoms with E-state index in [2.05, 4.69) is 76.2 Å². The summed E-state index contributed by atoms with van der Waals surface area (Å²) in [6.07, 6.45) is 7.07. The predicted octanol–water partition coefficient (Wildman–Crippen LogP) is 7.40. The molecule has 0 bridgehead atoms. The summed E-state index contributed by atoms with van der Waals surface area (Å²) in [7, 11) is 0. The highest BCUT2D eigenvalue weighted by Gasteiger charge is 2.28. The third kappa shape index (κ3) is 3.51. The standard InChI is InChI=1S/C24H28S2/c1-23(2)11-13-25-21-9-7-17(15-19(21)23)5-6-18-8-10-22-20(16-18)24(3,4)12-14-26-22/h5-10,15-16H,11-14H2,1-4H3/b6-5+. The molecule has 0 saturated heterocycles. The molecule has 4 rings (SSSR count). The van der Waals surface area contributed by atoms with E-state index < -0.39 is 0 Å². The molecular weight excluding hydrogens is 352 g/mol. The fourth-order valence-corrected chi connectivity index (χ4v) is 6.88. The minimum Gasteiger partial charge on any atom is -0.126 e. The SMILES string of the molecule is CC1(C)CCSc2ccc(/C=C/c3ccc4c(c3)C(C)(C)CCS4)cc21. The van der Waals surface area contributed by atoms with Crippen LogP contribution in [0.4, 0.5) is 0 Å². The molecule has 0 N–H and O–H groups in total. The minimum absolute atomic E-state index is 0.289. The van der Waals surface area contributed by atoms with Crippen molar-refractivity contribution in [3.8, 4) is 0 Å². The van der Waals surface area contributed by atoms with Gasteiger partial charge in [0, 0.05) is 9.79 Å². The Labute approximate surface area is 166 Å². The van der Waals surface area contributed by atoms with Crippen molar-refractivity contribution in [2.45, 2.75) is 61.2 Å². The number of benzene rings is 2. The van der Waals surface area contributed by atoms with Crippen LogP contribution in [0, 0.1) is 0 Å². The van der Waals surface area contributed by atoms with Gasteiger partial charge in [0.1, 0.15) is 0 Å². The molecule has 0 saturated carbocycles. The van der Waals surface area contributed by atoms with Crippen molar-refractivity contribution in [3.63, 3.8) is 0 Å². The van der Waals surface area contributed by atoms with Gasteiger partial charge in [-0.3, -0.25) is 0 Å². The largest absolute Gasteiger partial charge is 0.126 e. The second kappa shape index (κ2) is 6.80. The molecule has 26 heavy (non-hydrogen) atoms. The molecule has 0 spiro atoms. The molecule has 2 aliphatic heterocycles. The number of hydrogen-bond acceptors (Lipinski definition) is 2. The molecule has 2 aromatic carbocycles. The van der Waals surface area contributed by atoms with Gasteiger partial charge in [-0.05, 0) is 69.6 Å². The van der Waals surface area contributed by atoms with Gasteiger partial charge in [-0.15, -0.1) is 23.5 Å². The Hall–Kier alpha value is -1.12. The normalized spacial score (nSPS) is 20.6. The highest BCUT2D eigenvalue weighted by Crippen LogP contribution is 2.43. The maximum atomic E-state index is 2.40. The lowest BCUT2D eigenvalue weighted by Gasteiger charge is -2.32. The molecule has 0 atom stereocenters. The quantitative estimate of drug-likeness (QED) is 0.498. The van der Waals surface area contributed by atoms with Crippen LogP contribution in [0.3, 0.4) is 0 Å². The van der Waals surface area contributed by atoms with Crippen LogP contribution in [-0.4, -0.2) is 11.5 Å². The summed E-state index contributed by atoms with van der Waals surface area (Å²) in [5.74, 6) is 2.47. The Morgan fingerprint density at radius 2 is 1.12 bits per heavy atom. The smallest absolute Gasteiger partial charge is 0.0110 e. The fourth-order valence-electron chi connectivity index (χ4n) is 3.91. The van der Waals surface area contributed by atoms with E-state index in [4.69, 9.17) is 0 Å². The van der Waals surface area contributed by atoms with E-state index in [1.54, 1.807) is 0 Å². The van der Waals surface area contributed by atoms with Gasteiger partial charge < -0.3 is 0 Å². The number of thioether (sulfide) groups is 2. The molecule has 2 aliphatic rings. The van der Waals surface area contributed by atoms with E-state index in [9.17, 15) is 0 Å². The maximum absolute atomic E-state index is 2.40. The molecule has 0 unspecified atom stereocenters. The van der Waals surface area contributed by atoms with E-state index in [1.165, 1.54) is 56.4 Å². The van der Waals surface area contributed by atoms with Gasteiger partial charge in [0.25, 0.3) is 0 Å². The first-order valence-corrected chi connectivity index (χ1v) is 11.6. The summed E-state index contributed by atoms with van der Waals surface area (Å²) >= 11 is 4.01. The molecular formula is C24H28S2. The van der Waals surface area contributed by atoms with Gasteiger partial charge >= 0.3 is 0 Å². The molecule has 2 aromatic rings. The molecule has 0 radical (unpaired) electrons. The zero-order valence-corrected chi connectivity index (χ0v) is 17.9. The zero-order valence-electron chi connectivity index (χ0n) is 16.3. The van der Waals surface area contributed by atoms with Gasteiger partial charge in [0.2, 0.25) is 0 Å². The molecule has 2 heteroatoms. The van der Waals surface area contributed by atoms with Crippen LogP contribution in [0.25, 0.3) is 12.2 Å². The van der Waals surface area contributed by atoms with Crippen LogP contribution in [0.2, 0.25) is 0 Å². The van der Waals surface area contributed by atoms with Crippen molar-refractivity contribution < 1.29 is 0 Å². The Kier molecular flexibility index (Phi) is 4.77. The van der Waals surface area contributed by atoms with Crippen LogP contribution >= 0.6 is 23.5 Å². The Bertz CT molecular complexity index is 787. The van der Waals surface area contributed by atoms with Crippen molar-refractivity contribution in [1.29, 1.82) is 0 Å².